The SMILES string of the molecule is O=C(NCC1(c2ccccc2)CCOCC1)c1nnn(-c2ccc(Br)cc2)c1C1CC1. The van der Waals surface area contributed by atoms with E-state index in [4.69, 9.17) is 4.74 Å². The van der Waals surface area contributed by atoms with Crippen molar-refractivity contribution in [3.8, 4) is 5.69 Å². The van der Waals surface area contributed by atoms with Crippen molar-refractivity contribution in [3.63, 3.8) is 0 Å². The molecular weight excluding hydrogens is 456 g/mol. The number of hydrogen-bond acceptors (Lipinski definition) is 4. The molecule has 5 rings (SSSR count). The Morgan fingerprint density at radius 3 is 2.48 bits per heavy atom. The number of ether oxygens (including phenoxy) is 1. The molecule has 1 aliphatic heterocycles. The molecule has 1 saturated carbocycles. The summed E-state index contributed by atoms with van der Waals surface area (Å²) in [6, 6.07) is 18.4. The van der Waals surface area contributed by atoms with E-state index in [2.05, 4.69) is 55.8 Å². The normalized spacial score (nSPS) is 18.0. The quantitative estimate of drug-likeness (QED) is 0.567. The summed E-state index contributed by atoms with van der Waals surface area (Å²) in [7, 11) is 0. The van der Waals surface area contributed by atoms with Crippen molar-refractivity contribution in [1.29, 1.82) is 0 Å². The lowest BCUT2D eigenvalue weighted by atomic mass is 9.74. The maximum absolute atomic E-state index is 13.2. The average Bonchev–Trinajstić information content (AvgIpc) is 3.57. The first kappa shape index (κ1) is 20.4. The van der Waals surface area contributed by atoms with Crippen molar-refractivity contribution in [2.75, 3.05) is 19.8 Å². The van der Waals surface area contributed by atoms with E-state index in [9.17, 15) is 4.79 Å². The van der Waals surface area contributed by atoms with Crippen LogP contribution in [0.25, 0.3) is 5.69 Å². The van der Waals surface area contributed by atoms with Gasteiger partial charge in [-0.25, -0.2) is 4.68 Å². The predicted octanol–water partition coefficient (Wildman–Crippen LogP) is 4.39. The number of nitrogens with one attached hydrogen (secondary N) is 1. The van der Waals surface area contributed by atoms with E-state index in [1.165, 1.54) is 5.56 Å². The first-order chi connectivity index (χ1) is 15.2. The van der Waals surface area contributed by atoms with Gasteiger partial charge in [-0.1, -0.05) is 51.5 Å². The fourth-order valence-corrected chi connectivity index (χ4v) is 4.67. The fraction of sp³-hybridized carbons (Fsp3) is 0.375. The summed E-state index contributed by atoms with van der Waals surface area (Å²) < 4.78 is 8.44. The molecule has 1 saturated heterocycles. The molecule has 31 heavy (non-hydrogen) atoms. The van der Waals surface area contributed by atoms with Gasteiger partial charge in [-0.15, -0.1) is 5.10 Å². The highest BCUT2D eigenvalue weighted by Crippen LogP contribution is 2.42. The van der Waals surface area contributed by atoms with Crippen LogP contribution < -0.4 is 5.32 Å². The zero-order chi connectivity index (χ0) is 21.3. The molecule has 7 heteroatoms. The van der Waals surface area contributed by atoms with Crippen LogP contribution in [0, 0.1) is 0 Å². The highest BCUT2D eigenvalue weighted by atomic mass is 79.9. The Morgan fingerprint density at radius 1 is 1.10 bits per heavy atom. The molecule has 1 N–H and O–H groups in total. The molecule has 6 nitrogen and oxygen atoms in total. The summed E-state index contributed by atoms with van der Waals surface area (Å²) in [6.45, 7) is 1.98. The third-order valence-electron chi connectivity index (χ3n) is 6.38. The van der Waals surface area contributed by atoms with Crippen LogP contribution in [0.15, 0.2) is 59.1 Å². The van der Waals surface area contributed by atoms with Gasteiger partial charge in [-0.2, -0.15) is 0 Å². The second-order valence-corrected chi connectivity index (χ2v) is 9.34. The maximum Gasteiger partial charge on any atom is 0.273 e. The molecule has 1 aliphatic carbocycles. The Hall–Kier alpha value is -2.51. The van der Waals surface area contributed by atoms with Crippen LogP contribution in [-0.2, 0) is 10.2 Å². The largest absolute Gasteiger partial charge is 0.381 e. The number of carbonyl (C=O) groups excluding carboxylic acids is 1. The van der Waals surface area contributed by atoms with Crippen molar-refractivity contribution in [3.05, 3.63) is 76.0 Å². The molecular formula is C24H25BrN4O2. The van der Waals surface area contributed by atoms with Crippen LogP contribution >= 0.6 is 15.9 Å². The summed E-state index contributed by atoms with van der Waals surface area (Å²) in [5.41, 5.74) is 3.42. The van der Waals surface area contributed by atoms with Gasteiger partial charge < -0.3 is 10.1 Å². The van der Waals surface area contributed by atoms with Gasteiger partial charge in [0.15, 0.2) is 5.69 Å². The van der Waals surface area contributed by atoms with E-state index < -0.39 is 0 Å². The lowest BCUT2D eigenvalue weighted by molar-refractivity contribution is 0.0486. The van der Waals surface area contributed by atoms with E-state index in [1.54, 1.807) is 0 Å². The number of benzene rings is 2. The van der Waals surface area contributed by atoms with Gasteiger partial charge in [0, 0.05) is 35.6 Å². The lowest BCUT2D eigenvalue weighted by Crippen LogP contribution is -2.44. The number of rotatable bonds is 6. The van der Waals surface area contributed by atoms with Gasteiger partial charge in [0.2, 0.25) is 0 Å². The molecule has 1 aromatic heterocycles. The molecule has 1 amide bonds. The van der Waals surface area contributed by atoms with Crippen LogP contribution in [0.4, 0.5) is 0 Å². The van der Waals surface area contributed by atoms with Gasteiger partial charge >= 0.3 is 0 Å². The van der Waals surface area contributed by atoms with Crippen molar-refractivity contribution >= 4 is 21.8 Å². The van der Waals surface area contributed by atoms with Crippen LogP contribution in [0.3, 0.4) is 0 Å². The molecule has 3 aromatic rings. The highest BCUT2D eigenvalue weighted by molar-refractivity contribution is 9.10. The predicted molar refractivity (Wildman–Crippen MR) is 122 cm³/mol. The third-order valence-corrected chi connectivity index (χ3v) is 6.91. The molecule has 0 atom stereocenters. The smallest absolute Gasteiger partial charge is 0.273 e. The van der Waals surface area contributed by atoms with Crippen molar-refractivity contribution in [1.82, 2.24) is 20.3 Å². The van der Waals surface area contributed by atoms with E-state index in [0.717, 1.165) is 41.5 Å². The number of aromatic nitrogens is 3. The second-order valence-electron chi connectivity index (χ2n) is 8.43. The molecule has 0 unspecified atom stereocenters. The first-order valence-electron chi connectivity index (χ1n) is 10.8. The molecule has 2 heterocycles. The van der Waals surface area contributed by atoms with E-state index in [1.807, 2.05) is 35.0 Å². The van der Waals surface area contributed by atoms with Crippen LogP contribution in [0.1, 0.15) is 53.3 Å². The van der Waals surface area contributed by atoms with Gasteiger partial charge in [0.1, 0.15) is 0 Å². The minimum atomic E-state index is -0.146. The number of nitrogens with zero attached hydrogens (tertiary/aromatic N) is 3. The maximum atomic E-state index is 13.2. The van der Waals surface area contributed by atoms with E-state index >= 15 is 0 Å². The minimum absolute atomic E-state index is 0.114. The summed E-state index contributed by atoms with van der Waals surface area (Å²) in [5.74, 6) is 0.192. The molecule has 2 fully saturated rings. The van der Waals surface area contributed by atoms with Gasteiger partial charge in [0.25, 0.3) is 5.91 Å². The summed E-state index contributed by atoms with van der Waals surface area (Å²) in [6.07, 6.45) is 3.90. The zero-order valence-electron chi connectivity index (χ0n) is 17.3. The van der Waals surface area contributed by atoms with Crippen LogP contribution in [0.2, 0.25) is 0 Å². The summed E-state index contributed by atoms with van der Waals surface area (Å²) in [4.78, 5) is 13.2. The molecule has 160 valence electrons. The Morgan fingerprint density at radius 2 is 1.81 bits per heavy atom. The molecule has 0 bridgehead atoms. The third kappa shape index (κ3) is 4.16. The summed E-state index contributed by atoms with van der Waals surface area (Å²) >= 11 is 3.47. The Kier molecular flexibility index (Phi) is 5.63. The Balaban J connectivity index is 1.40. The van der Waals surface area contributed by atoms with Crippen molar-refractivity contribution in [2.24, 2.45) is 0 Å². The number of amides is 1. The highest BCUT2D eigenvalue weighted by Gasteiger charge is 2.37. The number of hydrogen-bond donors (Lipinski definition) is 1. The summed E-state index contributed by atoms with van der Waals surface area (Å²) in [5, 5.41) is 11.8. The lowest BCUT2D eigenvalue weighted by Gasteiger charge is -2.37. The average molecular weight is 481 g/mol. The van der Waals surface area contributed by atoms with E-state index in [0.29, 0.717) is 31.4 Å². The van der Waals surface area contributed by atoms with E-state index in [-0.39, 0.29) is 11.3 Å². The van der Waals surface area contributed by atoms with Gasteiger partial charge in [-0.05, 0) is 55.5 Å². The molecule has 0 radical (unpaired) electrons. The van der Waals surface area contributed by atoms with Gasteiger partial charge in [0.05, 0.1) is 11.4 Å². The number of carbonyl (C=O) groups is 1. The monoisotopic (exact) mass is 480 g/mol. The van der Waals surface area contributed by atoms with Crippen molar-refractivity contribution in [2.45, 2.75) is 37.0 Å². The van der Waals surface area contributed by atoms with Crippen LogP contribution in [-0.4, -0.2) is 40.7 Å². The number of halogens is 1. The van der Waals surface area contributed by atoms with Crippen LogP contribution in [0.5, 0.6) is 0 Å². The minimum Gasteiger partial charge on any atom is -0.381 e. The first-order valence-corrected chi connectivity index (χ1v) is 11.6. The Labute approximate surface area is 190 Å². The Bertz CT molecular complexity index is 1050. The fourth-order valence-electron chi connectivity index (χ4n) is 4.40. The van der Waals surface area contributed by atoms with Crippen molar-refractivity contribution < 1.29 is 9.53 Å². The standard InChI is InChI=1S/C24H25BrN4O2/c25-19-8-10-20(11-9-19)29-22(17-6-7-17)21(27-28-29)23(30)26-16-24(12-14-31-15-13-24)18-4-2-1-3-5-18/h1-5,8-11,17H,6-7,12-16H2,(H,26,30). The molecule has 2 aromatic carbocycles. The second kappa shape index (κ2) is 8.55. The molecule has 0 spiro atoms. The molecule has 2 aliphatic rings. The zero-order valence-corrected chi connectivity index (χ0v) is 18.8. The topological polar surface area (TPSA) is 69.0 Å². The van der Waals surface area contributed by atoms with Gasteiger partial charge in [-0.3, -0.25) is 4.79 Å².